The highest BCUT2D eigenvalue weighted by atomic mass is 19.4. The molecule has 4 rings (SSSR count). The first kappa shape index (κ1) is 19.2. The Balaban J connectivity index is 1.71. The van der Waals surface area contributed by atoms with E-state index < -0.39 is 11.7 Å². The highest BCUT2D eigenvalue weighted by Gasteiger charge is 2.38. The Bertz CT molecular complexity index is 903. The van der Waals surface area contributed by atoms with Crippen LogP contribution in [0.15, 0.2) is 24.4 Å². The number of pyridine rings is 1. The van der Waals surface area contributed by atoms with Gasteiger partial charge in [0.05, 0.1) is 17.0 Å². The van der Waals surface area contributed by atoms with Crippen molar-refractivity contribution in [2.24, 2.45) is 0 Å². The monoisotopic (exact) mass is 390 g/mol. The molecule has 1 saturated heterocycles. The van der Waals surface area contributed by atoms with Gasteiger partial charge in [-0.1, -0.05) is 6.08 Å². The Morgan fingerprint density at radius 1 is 1.14 bits per heavy atom. The summed E-state index contributed by atoms with van der Waals surface area (Å²) >= 11 is 0. The zero-order valence-electron chi connectivity index (χ0n) is 16.4. The van der Waals surface area contributed by atoms with E-state index in [1.807, 2.05) is 10.7 Å². The predicted molar refractivity (Wildman–Crippen MR) is 103 cm³/mol. The second kappa shape index (κ2) is 7.03. The molecule has 2 aromatic rings. The third-order valence-electron chi connectivity index (χ3n) is 5.75. The van der Waals surface area contributed by atoms with Crippen LogP contribution in [0.5, 0.6) is 0 Å². The molecule has 0 atom stereocenters. The minimum absolute atomic E-state index is 0.185. The lowest BCUT2D eigenvalue weighted by Crippen LogP contribution is -2.30. The van der Waals surface area contributed by atoms with E-state index in [0.29, 0.717) is 22.9 Å². The number of fused-ring (bicyclic) bond motifs is 1. The minimum Gasteiger partial charge on any atom is -0.306 e. The molecule has 28 heavy (non-hydrogen) atoms. The molecule has 1 aliphatic heterocycles. The van der Waals surface area contributed by atoms with Gasteiger partial charge < -0.3 is 4.90 Å². The molecule has 7 heteroatoms. The number of allylic oxidation sites excluding steroid dienone is 2. The Hall–Kier alpha value is -2.15. The van der Waals surface area contributed by atoms with Crippen LogP contribution in [0.4, 0.5) is 13.2 Å². The maximum Gasteiger partial charge on any atom is 0.416 e. The van der Waals surface area contributed by atoms with Crippen molar-refractivity contribution in [3.8, 4) is 11.3 Å². The summed E-state index contributed by atoms with van der Waals surface area (Å²) in [6, 6.07) is 3.84. The normalized spacial score (nSPS) is 18.6. The van der Waals surface area contributed by atoms with Gasteiger partial charge in [0.25, 0.3) is 0 Å². The first-order valence-electron chi connectivity index (χ1n) is 9.79. The molecular formula is C21H25F3N4. The Morgan fingerprint density at radius 3 is 2.50 bits per heavy atom. The summed E-state index contributed by atoms with van der Waals surface area (Å²) in [7, 11) is 2.13. The fourth-order valence-corrected chi connectivity index (χ4v) is 4.18. The van der Waals surface area contributed by atoms with Gasteiger partial charge in [-0.25, -0.2) is 0 Å². The lowest BCUT2D eigenvalue weighted by Gasteiger charge is -2.29. The van der Waals surface area contributed by atoms with Crippen LogP contribution in [0.3, 0.4) is 0 Å². The van der Waals surface area contributed by atoms with Crippen LogP contribution in [0, 0.1) is 0 Å². The van der Waals surface area contributed by atoms with Gasteiger partial charge >= 0.3 is 6.18 Å². The molecule has 3 heterocycles. The summed E-state index contributed by atoms with van der Waals surface area (Å²) in [6.45, 7) is 6.26. The van der Waals surface area contributed by atoms with E-state index in [9.17, 15) is 13.2 Å². The van der Waals surface area contributed by atoms with Crippen molar-refractivity contribution < 1.29 is 13.2 Å². The van der Waals surface area contributed by atoms with Gasteiger partial charge in [0.15, 0.2) is 0 Å². The summed E-state index contributed by atoms with van der Waals surface area (Å²) in [5.41, 5.74) is 2.59. The summed E-state index contributed by atoms with van der Waals surface area (Å²) in [5.74, 6) is 0.424. The number of halogens is 3. The van der Waals surface area contributed by atoms with Crippen molar-refractivity contribution in [3.05, 3.63) is 41.4 Å². The number of hydrogen-bond acceptors (Lipinski definition) is 3. The molecular weight excluding hydrogens is 365 g/mol. The smallest absolute Gasteiger partial charge is 0.306 e. The molecule has 1 fully saturated rings. The van der Waals surface area contributed by atoms with Crippen molar-refractivity contribution in [2.45, 2.75) is 51.2 Å². The lowest BCUT2D eigenvalue weighted by atomic mass is 9.93. The van der Waals surface area contributed by atoms with E-state index in [2.05, 4.69) is 30.8 Å². The van der Waals surface area contributed by atoms with Gasteiger partial charge in [-0.3, -0.25) is 9.67 Å². The fraction of sp³-hybridized carbons (Fsp3) is 0.524. The summed E-state index contributed by atoms with van der Waals surface area (Å²) in [6.07, 6.45) is 0.874. The zero-order chi connectivity index (χ0) is 20.1. The Labute approximate surface area is 163 Å². The lowest BCUT2D eigenvalue weighted by molar-refractivity contribution is -0.0687. The molecule has 4 nitrogen and oxygen atoms in total. The Morgan fingerprint density at radius 2 is 1.86 bits per heavy atom. The first-order valence-corrected chi connectivity index (χ1v) is 9.79. The van der Waals surface area contributed by atoms with Crippen LogP contribution in [0.25, 0.3) is 16.8 Å². The SMILES string of the molecule is CC(C)n1nc(-c2cnc3c(c2)C(C(F)(F)F)=CC3)cc1C1CCN(C)CC1. The third kappa shape index (κ3) is 3.48. The van der Waals surface area contributed by atoms with Crippen LogP contribution in [-0.2, 0) is 6.42 Å². The van der Waals surface area contributed by atoms with Crippen molar-refractivity contribution in [1.29, 1.82) is 0 Å². The molecule has 2 aliphatic rings. The highest BCUT2D eigenvalue weighted by Crippen LogP contribution is 2.40. The van der Waals surface area contributed by atoms with E-state index >= 15 is 0 Å². The largest absolute Gasteiger partial charge is 0.416 e. The van der Waals surface area contributed by atoms with Crippen LogP contribution in [0.1, 0.15) is 55.6 Å². The predicted octanol–water partition coefficient (Wildman–Crippen LogP) is 4.84. The molecule has 0 N–H and O–H groups in total. The van der Waals surface area contributed by atoms with Crippen molar-refractivity contribution >= 4 is 5.57 Å². The first-order chi connectivity index (χ1) is 13.2. The topological polar surface area (TPSA) is 34.0 Å². The molecule has 0 saturated carbocycles. The second-order valence-electron chi connectivity index (χ2n) is 8.11. The van der Waals surface area contributed by atoms with E-state index in [4.69, 9.17) is 5.10 Å². The summed E-state index contributed by atoms with van der Waals surface area (Å²) < 4.78 is 41.9. The number of likely N-dealkylation sites (tertiary alicyclic amines) is 1. The molecule has 0 spiro atoms. The zero-order valence-corrected chi connectivity index (χ0v) is 16.4. The van der Waals surface area contributed by atoms with Gasteiger partial charge in [-0.05, 0) is 59.0 Å². The summed E-state index contributed by atoms with van der Waals surface area (Å²) in [4.78, 5) is 6.62. The van der Waals surface area contributed by atoms with Crippen LogP contribution >= 0.6 is 0 Å². The van der Waals surface area contributed by atoms with Crippen molar-refractivity contribution in [1.82, 2.24) is 19.7 Å². The molecule has 150 valence electrons. The number of alkyl halides is 3. The molecule has 0 bridgehead atoms. The van der Waals surface area contributed by atoms with E-state index in [1.165, 1.54) is 11.8 Å². The van der Waals surface area contributed by atoms with E-state index in [1.54, 1.807) is 12.3 Å². The van der Waals surface area contributed by atoms with Gasteiger partial charge in [0, 0.05) is 41.4 Å². The van der Waals surface area contributed by atoms with Crippen molar-refractivity contribution in [3.63, 3.8) is 0 Å². The maximum atomic E-state index is 13.3. The van der Waals surface area contributed by atoms with Crippen molar-refractivity contribution in [2.75, 3.05) is 20.1 Å². The average Bonchev–Trinajstić information content (AvgIpc) is 3.26. The summed E-state index contributed by atoms with van der Waals surface area (Å²) in [5, 5.41) is 4.75. The van der Waals surface area contributed by atoms with Gasteiger partial charge in [0.2, 0.25) is 0 Å². The van der Waals surface area contributed by atoms with Crippen LogP contribution < -0.4 is 0 Å². The average molecular weight is 390 g/mol. The van der Waals surface area contributed by atoms with Gasteiger partial charge in [-0.2, -0.15) is 18.3 Å². The Kier molecular flexibility index (Phi) is 4.81. The quantitative estimate of drug-likeness (QED) is 0.752. The third-order valence-corrected chi connectivity index (χ3v) is 5.75. The number of nitrogens with zero attached hydrogens (tertiary/aromatic N) is 4. The molecule has 0 unspecified atom stereocenters. The number of rotatable bonds is 3. The highest BCUT2D eigenvalue weighted by molar-refractivity contribution is 5.78. The molecule has 2 aromatic heterocycles. The standard InChI is InChI=1S/C21H25F3N4/c1-13(2)28-20(14-6-8-27(3)9-7-14)11-19(26-28)15-10-16-17(21(22,23)24)4-5-18(16)25-12-15/h4,10-14H,5-9H2,1-3H3. The molecule has 0 amide bonds. The minimum atomic E-state index is -4.36. The van der Waals surface area contributed by atoms with Crippen LogP contribution in [-0.4, -0.2) is 46.0 Å². The van der Waals surface area contributed by atoms with E-state index in [0.717, 1.165) is 25.9 Å². The second-order valence-corrected chi connectivity index (χ2v) is 8.11. The van der Waals surface area contributed by atoms with Crippen LogP contribution in [0.2, 0.25) is 0 Å². The molecule has 0 aromatic carbocycles. The number of hydrogen-bond donors (Lipinski definition) is 0. The number of piperidine rings is 1. The van der Waals surface area contributed by atoms with Gasteiger partial charge in [-0.15, -0.1) is 0 Å². The molecule has 0 radical (unpaired) electrons. The van der Waals surface area contributed by atoms with E-state index in [-0.39, 0.29) is 18.0 Å². The molecule has 1 aliphatic carbocycles. The number of aromatic nitrogens is 3. The fourth-order valence-electron chi connectivity index (χ4n) is 4.18. The van der Waals surface area contributed by atoms with Gasteiger partial charge in [0.1, 0.15) is 0 Å². The maximum absolute atomic E-state index is 13.3.